The van der Waals surface area contributed by atoms with Gasteiger partial charge in [-0.1, -0.05) is 54.6 Å². The van der Waals surface area contributed by atoms with Gasteiger partial charge >= 0.3 is 16.2 Å². The topological polar surface area (TPSA) is 116 Å². The molecule has 8 nitrogen and oxygen atoms in total. The van der Waals surface area contributed by atoms with Gasteiger partial charge in [-0.2, -0.15) is 8.42 Å². The second-order valence-corrected chi connectivity index (χ2v) is 9.60. The molecule has 0 spiro atoms. The molecule has 4 aromatic carbocycles. The molecule has 0 saturated heterocycles. The van der Waals surface area contributed by atoms with E-state index in [1.807, 2.05) is 35.1 Å². The number of aromatic carboxylic acids is 1. The van der Waals surface area contributed by atoms with Crippen molar-refractivity contribution in [2.24, 2.45) is 0 Å². The van der Waals surface area contributed by atoms with E-state index in [4.69, 9.17) is 4.74 Å². The number of aliphatic hydroxyl groups is 1. The predicted octanol–water partition coefficient (Wildman–Crippen LogP) is 4.93. The van der Waals surface area contributed by atoms with Crippen molar-refractivity contribution in [2.75, 3.05) is 4.31 Å². The number of rotatable bonds is 6. The van der Waals surface area contributed by atoms with E-state index in [2.05, 4.69) is 0 Å². The van der Waals surface area contributed by atoms with Gasteiger partial charge in [0.15, 0.2) is 5.82 Å². The minimum atomic E-state index is -4.31. The van der Waals surface area contributed by atoms with Gasteiger partial charge in [0, 0.05) is 5.39 Å². The van der Waals surface area contributed by atoms with Crippen molar-refractivity contribution in [3.05, 3.63) is 108 Å². The number of carboxylic acid groups (broad SMARTS) is 1. The molecule has 1 aliphatic heterocycles. The van der Waals surface area contributed by atoms with Gasteiger partial charge in [0.2, 0.25) is 5.88 Å². The Kier molecular flexibility index (Phi) is 5.73. The standard InChI is InChI=1S/C26H19FN2O6S/c27-24-21-12-18(17-7-4-8-20(11-17)26(31)32)9-10-19(21)13-22(35-15-16-5-2-1-3-6-16)25(24)29-14-23(30)28-36(29,33)34/h1-14,28,30H,15H2,(H,31,32). The monoisotopic (exact) mass is 506 g/mol. The van der Waals surface area contributed by atoms with E-state index in [0.717, 1.165) is 11.8 Å². The summed E-state index contributed by atoms with van der Waals surface area (Å²) in [5.41, 5.74) is 1.56. The average Bonchev–Trinajstić information content (AvgIpc) is 3.14. The van der Waals surface area contributed by atoms with E-state index in [9.17, 15) is 23.4 Å². The first-order chi connectivity index (χ1) is 17.2. The SMILES string of the molecule is O=C(O)c1cccc(-c2ccc3cc(OCc4ccccc4)c(N4C=C(O)NS4(=O)=O)c(F)c3c2)c1. The van der Waals surface area contributed by atoms with E-state index < -0.39 is 33.6 Å². The van der Waals surface area contributed by atoms with Crippen molar-refractivity contribution in [3.8, 4) is 16.9 Å². The summed E-state index contributed by atoms with van der Waals surface area (Å²) in [6, 6.07) is 21.7. The summed E-state index contributed by atoms with van der Waals surface area (Å²) in [5.74, 6) is -2.68. The van der Waals surface area contributed by atoms with Crippen LogP contribution in [0.2, 0.25) is 0 Å². The Balaban J connectivity index is 1.66. The summed E-state index contributed by atoms with van der Waals surface area (Å²) >= 11 is 0. The lowest BCUT2D eigenvalue weighted by molar-refractivity contribution is 0.0697. The highest BCUT2D eigenvalue weighted by Gasteiger charge is 2.34. The molecule has 1 heterocycles. The highest BCUT2D eigenvalue weighted by molar-refractivity contribution is 7.91. The van der Waals surface area contributed by atoms with Crippen molar-refractivity contribution in [3.63, 3.8) is 0 Å². The van der Waals surface area contributed by atoms with Gasteiger partial charge < -0.3 is 14.9 Å². The summed E-state index contributed by atoms with van der Waals surface area (Å²) in [6.45, 7) is 0.0515. The van der Waals surface area contributed by atoms with Crippen LogP contribution in [0.25, 0.3) is 21.9 Å². The lowest BCUT2D eigenvalue weighted by Crippen LogP contribution is -2.30. The first-order valence-corrected chi connectivity index (χ1v) is 12.2. The molecule has 182 valence electrons. The van der Waals surface area contributed by atoms with Gasteiger partial charge in [-0.15, -0.1) is 0 Å². The molecule has 4 aromatic rings. The van der Waals surface area contributed by atoms with Gasteiger partial charge in [-0.25, -0.2) is 18.2 Å². The fourth-order valence-electron chi connectivity index (χ4n) is 3.95. The number of fused-ring (bicyclic) bond motifs is 1. The molecule has 0 amide bonds. The molecule has 0 atom stereocenters. The fourth-order valence-corrected chi connectivity index (χ4v) is 5.02. The molecule has 10 heteroatoms. The molecule has 0 fully saturated rings. The Bertz CT molecular complexity index is 1640. The van der Waals surface area contributed by atoms with Gasteiger partial charge in [0.1, 0.15) is 18.0 Å². The number of aliphatic hydroxyl groups excluding tert-OH is 1. The van der Waals surface area contributed by atoms with Crippen LogP contribution < -0.4 is 13.8 Å². The molecule has 0 radical (unpaired) electrons. The van der Waals surface area contributed by atoms with Crippen LogP contribution in [0.4, 0.5) is 10.1 Å². The summed E-state index contributed by atoms with van der Waals surface area (Å²) in [4.78, 5) is 11.4. The Hall–Kier alpha value is -4.57. The van der Waals surface area contributed by atoms with Gasteiger partial charge in [0.05, 0.1) is 11.8 Å². The number of ether oxygens (including phenoxy) is 1. The van der Waals surface area contributed by atoms with E-state index in [-0.39, 0.29) is 23.3 Å². The molecule has 3 N–H and O–H groups in total. The van der Waals surface area contributed by atoms with E-state index in [0.29, 0.717) is 20.8 Å². The first kappa shape index (κ1) is 23.2. The number of benzene rings is 4. The minimum Gasteiger partial charge on any atom is -0.493 e. The molecular formula is C26H19FN2O6S. The summed E-state index contributed by atoms with van der Waals surface area (Å²) in [5, 5.41) is 19.6. The van der Waals surface area contributed by atoms with Crippen LogP contribution in [0.1, 0.15) is 15.9 Å². The maximum Gasteiger partial charge on any atom is 0.335 e. The maximum absolute atomic E-state index is 16.1. The zero-order valence-electron chi connectivity index (χ0n) is 18.6. The molecule has 1 aliphatic rings. The quantitative estimate of drug-likeness (QED) is 0.341. The predicted molar refractivity (Wildman–Crippen MR) is 132 cm³/mol. The number of carbonyl (C=O) groups is 1. The van der Waals surface area contributed by atoms with Crippen LogP contribution in [0.3, 0.4) is 0 Å². The molecular weight excluding hydrogens is 487 g/mol. The molecule has 0 bridgehead atoms. The zero-order chi connectivity index (χ0) is 25.4. The van der Waals surface area contributed by atoms with Crippen molar-refractivity contribution in [1.82, 2.24) is 4.72 Å². The number of halogens is 1. The minimum absolute atomic E-state index is 0.0409. The Morgan fingerprint density at radius 1 is 0.972 bits per heavy atom. The fraction of sp³-hybridized carbons (Fsp3) is 0.0385. The summed E-state index contributed by atoms with van der Waals surface area (Å²) < 4.78 is 49.6. The van der Waals surface area contributed by atoms with Crippen LogP contribution in [-0.4, -0.2) is 24.6 Å². The number of hydrogen-bond donors (Lipinski definition) is 3. The van der Waals surface area contributed by atoms with E-state index in [1.165, 1.54) is 24.3 Å². The normalized spacial score (nSPS) is 14.4. The number of anilines is 1. The smallest absolute Gasteiger partial charge is 0.335 e. The lowest BCUT2D eigenvalue weighted by Gasteiger charge is -2.21. The van der Waals surface area contributed by atoms with Gasteiger partial charge in [0.25, 0.3) is 0 Å². The number of carboxylic acids is 1. The molecule has 0 aromatic heterocycles. The highest BCUT2D eigenvalue weighted by atomic mass is 32.2. The van der Waals surface area contributed by atoms with Gasteiger partial charge in [-0.3, -0.25) is 0 Å². The van der Waals surface area contributed by atoms with Crippen molar-refractivity contribution in [1.29, 1.82) is 0 Å². The Morgan fingerprint density at radius 3 is 2.42 bits per heavy atom. The Labute approximate surface area is 205 Å². The lowest BCUT2D eigenvalue weighted by atomic mass is 9.98. The highest BCUT2D eigenvalue weighted by Crippen LogP contribution is 2.41. The van der Waals surface area contributed by atoms with Crippen LogP contribution in [0.5, 0.6) is 5.75 Å². The second kappa shape index (κ2) is 8.90. The Morgan fingerprint density at radius 2 is 1.72 bits per heavy atom. The van der Waals surface area contributed by atoms with E-state index in [1.54, 1.807) is 24.3 Å². The van der Waals surface area contributed by atoms with E-state index >= 15 is 4.39 Å². The molecule has 36 heavy (non-hydrogen) atoms. The molecule has 5 rings (SSSR count). The molecule has 0 saturated carbocycles. The third kappa shape index (κ3) is 4.29. The zero-order valence-corrected chi connectivity index (χ0v) is 19.4. The third-order valence-corrected chi connectivity index (χ3v) is 6.92. The number of hydrogen-bond acceptors (Lipinski definition) is 5. The van der Waals surface area contributed by atoms with Crippen LogP contribution in [0, 0.1) is 5.82 Å². The first-order valence-electron chi connectivity index (χ1n) is 10.7. The third-order valence-electron chi connectivity index (χ3n) is 5.65. The summed E-state index contributed by atoms with van der Waals surface area (Å²) in [6.07, 6.45) is 0.856. The number of nitrogens with one attached hydrogen (secondary N) is 1. The van der Waals surface area contributed by atoms with Crippen LogP contribution in [-0.2, 0) is 16.8 Å². The maximum atomic E-state index is 16.1. The van der Waals surface area contributed by atoms with Crippen LogP contribution in [0.15, 0.2) is 90.9 Å². The van der Waals surface area contributed by atoms with Crippen molar-refractivity contribution < 1.29 is 32.6 Å². The summed E-state index contributed by atoms with van der Waals surface area (Å²) in [7, 11) is -4.31. The molecule has 0 unspecified atom stereocenters. The average molecular weight is 507 g/mol. The number of nitrogens with zero attached hydrogens (tertiary/aromatic N) is 1. The van der Waals surface area contributed by atoms with Crippen molar-refractivity contribution >= 4 is 32.6 Å². The second-order valence-electron chi connectivity index (χ2n) is 8.05. The van der Waals surface area contributed by atoms with Crippen LogP contribution >= 0.6 is 0 Å². The van der Waals surface area contributed by atoms with Crippen molar-refractivity contribution in [2.45, 2.75) is 6.61 Å². The molecule has 0 aliphatic carbocycles. The van der Waals surface area contributed by atoms with Gasteiger partial charge in [-0.05, 0) is 46.3 Å². The largest absolute Gasteiger partial charge is 0.493 e.